The third-order valence-electron chi connectivity index (χ3n) is 2.24. The van der Waals surface area contributed by atoms with Crippen molar-refractivity contribution in [3.05, 3.63) is 42.0 Å². The van der Waals surface area contributed by atoms with Gasteiger partial charge in [0.2, 0.25) is 0 Å². The largest absolute Gasteiger partial charge is 0.392 e. The second-order valence-corrected chi connectivity index (χ2v) is 5.15. The molecule has 0 fully saturated rings. The van der Waals surface area contributed by atoms with Crippen LogP contribution in [0.4, 0.5) is 10.1 Å². The van der Waals surface area contributed by atoms with E-state index < -0.39 is 22.4 Å². The predicted octanol–water partition coefficient (Wildman–Crippen LogP) is 0.842. The first-order valence-electron chi connectivity index (χ1n) is 4.94. The summed E-state index contributed by atoms with van der Waals surface area (Å²) < 4.78 is 39.3. The van der Waals surface area contributed by atoms with Gasteiger partial charge in [-0.3, -0.25) is 9.82 Å². The van der Waals surface area contributed by atoms with Crippen LogP contribution in [0.5, 0.6) is 0 Å². The summed E-state index contributed by atoms with van der Waals surface area (Å²) in [6.07, 6.45) is 2.62. The average molecular weight is 271 g/mol. The molecule has 2 rings (SSSR count). The van der Waals surface area contributed by atoms with Gasteiger partial charge in [-0.15, -0.1) is 0 Å². The van der Waals surface area contributed by atoms with Crippen LogP contribution in [0.15, 0.2) is 35.5 Å². The third-order valence-corrected chi connectivity index (χ3v) is 3.70. The lowest BCUT2D eigenvalue weighted by atomic mass is 10.2. The highest BCUT2D eigenvalue weighted by Crippen LogP contribution is 2.20. The zero-order valence-corrected chi connectivity index (χ0v) is 9.91. The van der Waals surface area contributed by atoms with Crippen LogP contribution in [0.1, 0.15) is 5.56 Å². The molecule has 0 saturated carbocycles. The summed E-state index contributed by atoms with van der Waals surface area (Å²) in [7, 11) is -3.96. The highest BCUT2D eigenvalue weighted by Gasteiger charge is 2.19. The molecule has 0 aliphatic heterocycles. The molecule has 8 heteroatoms. The summed E-state index contributed by atoms with van der Waals surface area (Å²) in [6.45, 7) is -0.498. The quantitative estimate of drug-likeness (QED) is 0.768. The molecule has 0 bridgehead atoms. The molecule has 18 heavy (non-hydrogen) atoms. The number of aromatic amines is 1. The summed E-state index contributed by atoms with van der Waals surface area (Å²) in [5.41, 5.74) is 0.343. The number of sulfonamides is 1. The molecular formula is C10H10FN3O3S. The van der Waals surface area contributed by atoms with Crippen molar-refractivity contribution in [2.24, 2.45) is 0 Å². The van der Waals surface area contributed by atoms with Crippen molar-refractivity contribution < 1.29 is 17.9 Å². The van der Waals surface area contributed by atoms with Crippen LogP contribution in [0.25, 0.3) is 0 Å². The van der Waals surface area contributed by atoms with Gasteiger partial charge in [0.1, 0.15) is 5.82 Å². The van der Waals surface area contributed by atoms with Gasteiger partial charge in [0.05, 0.1) is 23.4 Å². The Morgan fingerprint density at radius 1 is 1.44 bits per heavy atom. The second-order valence-electron chi connectivity index (χ2n) is 3.50. The Morgan fingerprint density at radius 2 is 2.22 bits per heavy atom. The summed E-state index contributed by atoms with van der Waals surface area (Å²) in [6, 6.07) is 3.16. The summed E-state index contributed by atoms with van der Waals surface area (Å²) in [5.74, 6) is -0.695. The SMILES string of the molecule is O=S(=O)(Nc1cn[nH]c1)c1cc(F)ccc1CO. The molecule has 1 heterocycles. The molecule has 6 nitrogen and oxygen atoms in total. The molecular weight excluding hydrogens is 261 g/mol. The maximum absolute atomic E-state index is 13.1. The topological polar surface area (TPSA) is 95.1 Å². The number of hydrogen-bond acceptors (Lipinski definition) is 4. The first-order chi connectivity index (χ1) is 8.53. The van der Waals surface area contributed by atoms with Gasteiger partial charge >= 0.3 is 0 Å². The Bertz CT molecular complexity index is 640. The minimum atomic E-state index is -3.96. The molecule has 0 saturated heterocycles. The Balaban J connectivity index is 2.43. The fraction of sp³-hybridized carbons (Fsp3) is 0.100. The lowest BCUT2D eigenvalue weighted by Gasteiger charge is -2.09. The van der Waals surface area contributed by atoms with E-state index in [4.69, 9.17) is 5.11 Å². The molecule has 0 aliphatic rings. The highest BCUT2D eigenvalue weighted by molar-refractivity contribution is 7.92. The van der Waals surface area contributed by atoms with Crippen LogP contribution in [-0.4, -0.2) is 23.7 Å². The predicted molar refractivity (Wildman–Crippen MR) is 61.7 cm³/mol. The minimum absolute atomic E-state index is 0.118. The van der Waals surface area contributed by atoms with E-state index >= 15 is 0 Å². The molecule has 1 aromatic carbocycles. The van der Waals surface area contributed by atoms with E-state index in [1.807, 2.05) is 0 Å². The molecule has 0 amide bonds. The van der Waals surface area contributed by atoms with E-state index in [0.29, 0.717) is 0 Å². The van der Waals surface area contributed by atoms with Gasteiger partial charge in [-0.05, 0) is 17.7 Å². The number of rotatable bonds is 4. The summed E-state index contributed by atoms with van der Waals surface area (Å²) in [5, 5.41) is 15.1. The van der Waals surface area contributed by atoms with Crippen molar-refractivity contribution in [3.8, 4) is 0 Å². The normalized spacial score (nSPS) is 11.4. The van der Waals surface area contributed by atoms with E-state index in [2.05, 4.69) is 14.9 Å². The van der Waals surface area contributed by atoms with Crippen molar-refractivity contribution in [2.45, 2.75) is 11.5 Å². The number of aromatic nitrogens is 2. The molecule has 1 aromatic heterocycles. The summed E-state index contributed by atoms with van der Waals surface area (Å²) >= 11 is 0. The Kier molecular flexibility index (Phi) is 3.30. The number of hydrogen-bond donors (Lipinski definition) is 3. The molecule has 96 valence electrons. The highest BCUT2D eigenvalue weighted by atomic mass is 32.2. The number of aliphatic hydroxyl groups is 1. The van der Waals surface area contributed by atoms with Crippen LogP contribution >= 0.6 is 0 Å². The number of nitrogens with zero attached hydrogens (tertiary/aromatic N) is 1. The van der Waals surface area contributed by atoms with E-state index in [9.17, 15) is 12.8 Å². The molecule has 0 spiro atoms. The number of aliphatic hydroxyl groups excluding tert-OH is 1. The smallest absolute Gasteiger partial charge is 0.262 e. The Labute approximate surface area is 103 Å². The molecule has 0 radical (unpaired) electrons. The zero-order valence-electron chi connectivity index (χ0n) is 9.09. The monoisotopic (exact) mass is 271 g/mol. The minimum Gasteiger partial charge on any atom is -0.392 e. The van der Waals surface area contributed by atoms with Crippen LogP contribution in [0.2, 0.25) is 0 Å². The first kappa shape index (κ1) is 12.5. The number of nitrogens with one attached hydrogen (secondary N) is 2. The van der Waals surface area contributed by atoms with Gasteiger partial charge < -0.3 is 5.11 Å². The first-order valence-corrected chi connectivity index (χ1v) is 6.42. The van der Waals surface area contributed by atoms with E-state index in [1.165, 1.54) is 18.5 Å². The maximum atomic E-state index is 13.1. The molecule has 0 unspecified atom stereocenters. The molecule has 0 aliphatic carbocycles. The van der Waals surface area contributed by atoms with Crippen LogP contribution < -0.4 is 4.72 Å². The van der Waals surface area contributed by atoms with Crippen molar-refractivity contribution in [3.63, 3.8) is 0 Å². The number of benzene rings is 1. The van der Waals surface area contributed by atoms with Crippen LogP contribution in [0.3, 0.4) is 0 Å². The fourth-order valence-corrected chi connectivity index (χ4v) is 2.70. The van der Waals surface area contributed by atoms with Crippen molar-refractivity contribution in [1.29, 1.82) is 0 Å². The number of anilines is 1. The summed E-state index contributed by atoms with van der Waals surface area (Å²) in [4.78, 5) is -0.300. The maximum Gasteiger partial charge on any atom is 0.262 e. The van der Waals surface area contributed by atoms with Gasteiger partial charge in [0.25, 0.3) is 10.0 Å². The Morgan fingerprint density at radius 3 is 2.83 bits per heavy atom. The Hall–Kier alpha value is -1.93. The van der Waals surface area contributed by atoms with E-state index in [0.717, 1.165) is 12.1 Å². The standard InChI is InChI=1S/C10H10FN3O3S/c11-8-2-1-7(6-15)10(3-8)18(16,17)14-9-4-12-13-5-9/h1-5,14-15H,6H2,(H,12,13). The van der Waals surface area contributed by atoms with Crippen molar-refractivity contribution in [2.75, 3.05) is 4.72 Å². The van der Waals surface area contributed by atoms with Gasteiger partial charge in [-0.1, -0.05) is 6.07 Å². The molecule has 2 aromatic rings. The van der Waals surface area contributed by atoms with E-state index in [1.54, 1.807) is 0 Å². The van der Waals surface area contributed by atoms with Gasteiger partial charge in [-0.25, -0.2) is 12.8 Å². The molecule has 3 N–H and O–H groups in total. The lowest BCUT2D eigenvalue weighted by Crippen LogP contribution is -2.15. The fourth-order valence-electron chi connectivity index (χ4n) is 1.43. The van der Waals surface area contributed by atoms with Gasteiger partial charge in [0, 0.05) is 6.20 Å². The number of H-pyrrole nitrogens is 1. The van der Waals surface area contributed by atoms with Gasteiger partial charge in [0.15, 0.2) is 0 Å². The lowest BCUT2D eigenvalue weighted by molar-refractivity contribution is 0.278. The molecule has 0 atom stereocenters. The van der Waals surface area contributed by atoms with E-state index in [-0.39, 0.29) is 16.1 Å². The second kappa shape index (κ2) is 4.75. The number of halogens is 1. The van der Waals surface area contributed by atoms with Crippen LogP contribution in [-0.2, 0) is 16.6 Å². The average Bonchev–Trinajstić information content (AvgIpc) is 2.81. The van der Waals surface area contributed by atoms with Crippen molar-refractivity contribution >= 4 is 15.7 Å². The van der Waals surface area contributed by atoms with Crippen LogP contribution in [0, 0.1) is 5.82 Å². The zero-order chi connectivity index (χ0) is 13.2. The van der Waals surface area contributed by atoms with Crippen molar-refractivity contribution in [1.82, 2.24) is 10.2 Å². The third kappa shape index (κ3) is 2.49. The van der Waals surface area contributed by atoms with Gasteiger partial charge in [-0.2, -0.15) is 5.10 Å².